The van der Waals surface area contributed by atoms with Crippen molar-refractivity contribution < 1.29 is 0 Å². The molecule has 22 heavy (non-hydrogen) atoms. The smallest absolute Gasteiger partial charge is 0.120 e. The third kappa shape index (κ3) is 2.50. The molecule has 0 amide bonds. The number of benzene rings is 3. The molecule has 1 heteroatoms. The molecule has 3 aromatic rings. The Balaban J connectivity index is 2.32. The molecule has 0 aliphatic rings. The van der Waals surface area contributed by atoms with Gasteiger partial charge in [-0.1, -0.05) is 91.0 Å². The zero-order valence-electron chi connectivity index (χ0n) is 12.4. The van der Waals surface area contributed by atoms with Crippen LogP contribution in [0.1, 0.15) is 0 Å². The lowest BCUT2D eigenvalue weighted by Gasteiger charge is -2.32. The average Bonchev–Trinajstić information content (AvgIpc) is 2.62. The maximum Gasteiger partial charge on any atom is 0.159 e. The minimum atomic E-state index is -2.16. The predicted molar refractivity (Wildman–Crippen MR) is 97.6 cm³/mol. The van der Waals surface area contributed by atoms with Gasteiger partial charge in [-0.3, -0.25) is 0 Å². The standard InChI is InChI=1S/C21H18Si/c1-2-18-22(19-12-6-3-7-13-19,20-14-8-4-9-15-20)21-16-10-5-11-17-21/h1,3-17H,18H2. The fourth-order valence-corrected chi connectivity index (χ4v) is 7.33. The Morgan fingerprint density at radius 2 is 0.909 bits per heavy atom. The lowest BCUT2D eigenvalue weighted by atomic mass is 10.3. The van der Waals surface area contributed by atoms with E-state index in [4.69, 9.17) is 6.42 Å². The highest BCUT2D eigenvalue weighted by molar-refractivity contribution is 7.11. The van der Waals surface area contributed by atoms with E-state index < -0.39 is 8.07 Å². The van der Waals surface area contributed by atoms with Crippen LogP contribution in [0.15, 0.2) is 91.0 Å². The minimum Gasteiger partial charge on any atom is -0.120 e. The van der Waals surface area contributed by atoms with Crippen molar-refractivity contribution >= 4 is 23.6 Å². The molecule has 3 aromatic carbocycles. The van der Waals surface area contributed by atoms with Crippen molar-refractivity contribution in [2.75, 3.05) is 0 Å². The lowest BCUT2D eigenvalue weighted by Crippen LogP contribution is -2.66. The summed E-state index contributed by atoms with van der Waals surface area (Å²) >= 11 is 0. The van der Waals surface area contributed by atoms with Crippen LogP contribution in [0.4, 0.5) is 0 Å². The number of terminal acetylenes is 1. The van der Waals surface area contributed by atoms with Crippen LogP contribution in [0, 0.1) is 12.3 Å². The van der Waals surface area contributed by atoms with Gasteiger partial charge in [-0.2, -0.15) is 0 Å². The summed E-state index contributed by atoms with van der Waals surface area (Å²) in [4.78, 5) is 0. The van der Waals surface area contributed by atoms with E-state index in [-0.39, 0.29) is 0 Å². The van der Waals surface area contributed by atoms with Gasteiger partial charge >= 0.3 is 0 Å². The van der Waals surface area contributed by atoms with Gasteiger partial charge in [0.1, 0.15) is 0 Å². The monoisotopic (exact) mass is 298 g/mol. The van der Waals surface area contributed by atoms with Crippen LogP contribution >= 0.6 is 0 Å². The second-order valence-corrected chi connectivity index (χ2v) is 9.28. The van der Waals surface area contributed by atoms with Crippen LogP contribution in [0.2, 0.25) is 6.04 Å². The quantitative estimate of drug-likeness (QED) is 0.395. The van der Waals surface area contributed by atoms with E-state index in [0.717, 1.165) is 6.04 Å². The molecule has 106 valence electrons. The Labute approximate surface area is 133 Å². The van der Waals surface area contributed by atoms with E-state index in [2.05, 4.69) is 96.9 Å². The molecule has 0 radical (unpaired) electrons. The number of hydrogen-bond donors (Lipinski definition) is 0. The highest BCUT2D eigenvalue weighted by Crippen LogP contribution is 2.12. The summed E-state index contributed by atoms with van der Waals surface area (Å²) in [5, 5.41) is 4.10. The van der Waals surface area contributed by atoms with Crippen molar-refractivity contribution in [3.05, 3.63) is 91.0 Å². The van der Waals surface area contributed by atoms with Crippen molar-refractivity contribution in [1.29, 1.82) is 0 Å². The van der Waals surface area contributed by atoms with E-state index in [9.17, 15) is 0 Å². The minimum absolute atomic E-state index is 0.769. The molecule has 0 nitrogen and oxygen atoms in total. The molecule has 0 spiro atoms. The molecule has 3 rings (SSSR count). The molecule has 0 bridgehead atoms. The topological polar surface area (TPSA) is 0 Å². The van der Waals surface area contributed by atoms with E-state index in [0.29, 0.717) is 0 Å². The highest BCUT2D eigenvalue weighted by atomic mass is 28.3. The molecule has 0 aliphatic carbocycles. The third-order valence-electron chi connectivity index (χ3n) is 4.17. The molecule has 0 heterocycles. The van der Waals surface area contributed by atoms with Crippen LogP contribution in [-0.4, -0.2) is 8.07 Å². The normalized spacial score (nSPS) is 10.9. The molecule has 0 atom stereocenters. The predicted octanol–water partition coefficient (Wildman–Crippen LogP) is 2.79. The fraction of sp³-hybridized carbons (Fsp3) is 0.0476. The van der Waals surface area contributed by atoms with Crippen LogP contribution < -0.4 is 15.6 Å². The van der Waals surface area contributed by atoms with E-state index in [1.165, 1.54) is 15.6 Å². The molecule has 0 aromatic heterocycles. The largest absolute Gasteiger partial charge is 0.159 e. The second kappa shape index (κ2) is 6.47. The van der Waals surface area contributed by atoms with Crippen molar-refractivity contribution in [1.82, 2.24) is 0 Å². The molecular formula is C21H18Si. The molecule has 0 N–H and O–H groups in total. The first kappa shape index (κ1) is 14.4. The zero-order valence-corrected chi connectivity index (χ0v) is 13.4. The van der Waals surface area contributed by atoms with Gasteiger partial charge in [0, 0.05) is 6.04 Å². The molecule has 0 saturated carbocycles. The molecule has 0 fully saturated rings. The zero-order chi connectivity index (χ0) is 15.3. The van der Waals surface area contributed by atoms with Crippen LogP contribution in [0.5, 0.6) is 0 Å². The third-order valence-corrected chi connectivity index (χ3v) is 8.86. The van der Waals surface area contributed by atoms with Crippen molar-refractivity contribution in [3.8, 4) is 12.3 Å². The van der Waals surface area contributed by atoms with Crippen LogP contribution in [0.3, 0.4) is 0 Å². The summed E-state index contributed by atoms with van der Waals surface area (Å²) in [5.41, 5.74) is 0. The van der Waals surface area contributed by atoms with Gasteiger partial charge in [0.15, 0.2) is 8.07 Å². The first-order valence-corrected chi connectivity index (χ1v) is 9.68. The maximum absolute atomic E-state index is 5.81. The molecule has 0 saturated heterocycles. The summed E-state index contributed by atoms with van der Waals surface area (Å²) in [7, 11) is -2.16. The van der Waals surface area contributed by atoms with Gasteiger partial charge in [-0.25, -0.2) is 0 Å². The summed E-state index contributed by atoms with van der Waals surface area (Å²) in [6, 6.07) is 33.0. The van der Waals surface area contributed by atoms with Crippen LogP contribution in [-0.2, 0) is 0 Å². The van der Waals surface area contributed by atoms with E-state index >= 15 is 0 Å². The first-order chi connectivity index (χ1) is 10.9. The highest BCUT2D eigenvalue weighted by Gasteiger charge is 2.38. The fourth-order valence-electron chi connectivity index (χ4n) is 3.13. The van der Waals surface area contributed by atoms with E-state index in [1.54, 1.807) is 0 Å². The summed E-state index contributed by atoms with van der Waals surface area (Å²) in [6.07, 6.45) is 5.81. The summed E-state index contributed by atoms with van der Waals surface area (Å²) in [6.45, 7) is 0. The van der Waals surface area contributed by atoms with Crippen molar-refractivity contribution in [2.45, 2.75) is 6.04 Å². The van der Waals surface area contributed by atoms with E-state index in [1.807, 2.05) is 0 Å². The average molecular weight is 298 g/mol. The molecule has 0 unspecified atom stereocenters. The van der Waals surface area contributed by atoms with Gasteiger partial charge in [0.2, 0.25) is 0 Å². The Morgan fingerprint density at radius 3 is 1.18 bits per heavy atom. The van der Waals surface area contributed by atoms with Gasteiger partial charge in [0.25, 0.3) is 0 Å². The molecule has 0 aliphatic heterocycles. The Morgan fingerprint density at radius 1 is 0.591 bits per heavy atom. The Bertz CT molecular complexity index is 659. The SMILES string of the molecule is C#CC[Si](c1ccccc1)(c1ccccc1)c1ccccc1. The van der Waals surface area contributed by atoms with Crippen molar-refractivity contribution in [3.63, 3.8) is 0 Å². The second-order valence-electron chi connectivity index (χ2n) is 5.38. The number of rotatable bonds is 4. The lowest BCUT2D eigenvalue weighted by molar-refractivity contribution is 1.61. The van der Waals surface area contributed by atoms with Crippen LogP contribution in [0.25, 0.3) is 0 Å². The Kier molecular flexibility index (Phi) is 4.23. The maximum atomic E-state index is 5.81. The first-order valence-electron chi connectivity index (χ1n) is 7.48. The Hall–Kier alpha value is -2.56. The van der Waals surface area contributed by atoms with Gasteiger partial charge in [0.05, 0.1) is 0 Å². The number of hydrogen-bond acceptors (Lipinski definition) is 0. The van der Waals surface area contributed by atoms with Gasteiger partial charge in [-0.15, -0.1) is 12.3 Å². The summed E-state index contributed by atoms with van der Waals surface area (Å²) in [5.74, 6) is 2.97. The van der Waals surface area contributed by atoms with Gasteiger partial charge in [-0.05, 0) is 15.6 Å². The van der Waals surface area contributed by atoms with Gasteiger partial charge < -0.3 is 0 Å². The van der Waals surface area contributed by atoms with Crippen molar-refractivity contribution in [2.24, 2.45) is 0 Å². The molecular weight excluding hydrogens is 280 g/mol. The summed E-state index contributed by atoms with van der Waals surface area (Å²) < 4.78 is 0.